The average Bonchev–Trinajstić information content (AvgIpc) is 2.39. The normalized spacial score (nSPS) is 10.2. The summed E-state index contributed by atoms with van der Waals surface area (Å²) in [5.74, 6) is 0. The number of unbranched alkanes of at least 4 members (excludes halogenated alkanes) is 14. The molecule has 2 radical (unpaired) electrons. The van der Waals surface area contributed by atoms with Gasteiger partial charge in [0.15, 0.2) is 0 Å². The van der Waals surface area contributed by atoms with Gasteiger partial charge < -0.3 is 0 Å². The van der Waals surface area contributed by atoms with E-state index in [1.165, 1.54) is 96.3 Å². The summed E-state index contributed by atoms with van der Waals surface area (Å²) in [5.41, 5.74) is 0. The largest absolute Gasteiger partial charge is 0.103 e. The molecule has 0 bridgehead atoms. The van der Waals surface area contributed by atoms with Crippen molar-refractivity contribution in [1.29, 1.82) is 0 Å². The van der Waals surface area contributed by atoms with Crippen molar-refractivity contribution in [3.05, 3.63) is 12.7 Å². The third-order valence-electron chi connectivity index (χ3n) is 3.76. The van der Waals surface area contributed by atoms with Crippen molar-refractivity contribution in [2.75, 3.05) is 0 Å². The molecule has 0 nitrogen and oxygen atoms in total. The van der Waals surface area contributed by atoms with Crippen molar-refractivity contribution in [3.8, 4) is 0 Å². The summed E-state index contributed by atoms with van der Waals surface area (Å²) >= 11 is 0. The van der Waals surface area contributed by atoms with Gasteiger partial charge in [-0.25, -0.2) is 0 Å². The van der Waals surface area contributed by atoms with E-state index in [-0.39, 0.29) is 17.1 Å². The number of allylic oxidation sites excluding steroid dienone is 1. The van der Waals surface area contributed by atoms with E-state index >= 15 is 0 Å². The maximum absolute atomic E-state index is 3.76. The molecule has 0 aromatic heterocycles. The minimum absolute atomic E-state index is 0. The maximum atomic E-state index is 3.76. The fourth-order valence-corrected chi connectivity index (χ4v) is 2.48. The van der Waals surface area contributed by atoms with Crippen LogP contribution in [0.2, 0.25) is 0 Å². The topological polar surface area (TPSA) is 0 Å². The zero-order valence-electron chi connectivity index (χ0n) is 13.3. The second-order valence-corrected chi connectivity index (χ2v) is 5.67. The van der Waals surface area contributed by atoms with Crippen molar-refractivity contribution in [3.63, 3.8) is 0 Å². The van der Waals surface area contributed by atoms with Crippen LogP contribution in [0.25, 0.3) is 0 Å². The summed E-state index contributed by atoms with van der Waals surface area (Å²) < 4.78 is 0. The van der Waals surface area contributed by atoms with Crippen LogP contribution in [0.3, 0.4) is 0 Å². The van der Waals surface area contributed by atoms with Crippen LogP contribution in [0.15, 0.2) is 12.7 Å². The number of hydrogen-bond donors (Lipinski definition) is 0. The van der Waals surface area contributed by atoms with E-state index in [0.29, 0.717) is 0 Å². The Morgan fingerprint density at radius 1 is 0.579 bits per heavy atom. The van der Waals surface area contributed by atoms with Crippen molar-refractivity contribution in [2.24, 2.45) is 0 Å². The minimum atomic E-state index is 0. The van der Waals surface area contributed by atoms with Crippen LogP contribution in [0.5, 0.6) is 0 Å². The van der Waals surface area contributed by atoms with E-state index < -0.39 is 0 Å². The van der Waals surface area contributed by atoms with E-state index in [1.54, 1.807) is 0 Å². The first-order chi connectivity index (χ1) is 8.91. The van der Waals surface area contributed by atoms with Gasteiger partial charge in [-0.15, -0.1) is 6.58 Å². The molecule has 0 aromatic rings. The molecule has 19 heavy (non-hydrogen) atoms. The summed E-state index contributed by atoms with van der Waals surface area (Å²) in [7, 11) is 0. The summed E-state index contributed by atoms with van der Waals surface area (Å²) in [6.07, 6.45) is 23.5. The first kappa shape index (κ1) is 21.6. The van der Waals surface area contributed by atoms with Gasteiger partial charge in [0.2, 0.25) is 0 Å². The second kappa shape index (κ2) is 20.6. The Morgan fingerprint density at radius 2 is 0.895 bits per heavy atom. The van der Waals surface area contributed by atoms with Gasteiger partial charge in [-0.3, -0.25) is 0 Å². The molecule has 0 aliphatic carbocycles. The van der Waals surface area contributed by atoms with Crippen molar-refractivity contribution in [2.45, 2.75) is 103 Å². The van der Waals surface area contributed by atoms with Gasteiger partial charge in [-0.1, -0.05) is 96.5 Å². The van der Waals surface area contributed by atoms with E-state index in [2.05, 4.69) is 13.5 Å². The molecule has 0 atom stereocenters. The van der Waals surface area contributed by atoms with Gasteiger partial charge >= 0.3 is 0 Å². The van der Waals surface area contributed by atoms with Crippen LogP contribution in [0, 0.1) is 0 Å². The smallest absolute Gasteiger partial charge is 0 e. The molecule has 0 aliphatic heterocycles. The third kappa shape index (κ3) is 20.7. The Hall–Kier alpha value is 0.259. The zero-order chi connectivity index (χ0) is 13.3. The predicted molar refractivity (Wildman–Crippen MR) is 90.9 cm³/mol. The molecule has 0 aromatic carbocycles. The molecule has 0 rings (SSSR count). The Labute approximate surface area is 133 Å². The predicted octanol–water partition coefficient (Wildman–Crippen LogP) is 6.66. The molecule has 114 valence electrons. The quantitative estimate of drug-likeness (QED) is 0.179. The van der Waals surface area contributed by atoms with Crippen LogP contribution in [-0.4, -0.2) is 17.1 Å². The van der Waals surface area contributed by atoms with E-state index in [1.807, 2.05) is 6.08 Å². The average molecular weight is 331 g/mol. The van der Waals surface area contributed by atoms with Crippen LogP contribution in [0.4, 0.5) is 0 Å². The van der Waals surface area contributed by atoms with E-state index in [9.17, 15) is 0 Å². The van der Waals surface area contributed by atoms with Crippen molar-refractivity contribution >= 4 is 17.1 Å². The second-order valence-electron chi connectivity index (χ2n) is 5.67. The molecule has 0 heterocycles. The Balaban J connectivity index is 0. The first-order valence-corrected chi connectivity index (χ1v) is 8.52. The monoisotopic (exact) mass is 332 g/mol. The fraction of sp³-hybridized carbons (Fsp3) is 0.889. The molecule has 0 spiro atoms. The van der Waals surface area contributed by atoms with Crippen molar-refractivity contribution in [1.82, 2.24) is 0 Å². The van der Waals surface area contributed by atoms with Gasteiger partial charge in [-0.05, 0) is 12.8 Å². The Kier molecular flexibility index (Phi) is 23.3. The fourth-order valence-electron chi connectivity index (χ4n) is 2.48. The molecule has 0 aliphatic rings. The first-order valence-electron chi connectivity index (χ1n) is 8.52. The SMILES string of the molecule is C=CCCCCCCCCCCCCCCCC.[Se]. The summed E-state index contributed by atoms with van der Waals surface area (Å²) in [6, 6.07) is 0. The Morgan fingerprint density at radius 3 is 1.21 bits per heavy atom. The standard InChI is InChI=1S/C18H36.Se/c1-3-5-7-9-11-13-15-17-18-16-14-12-10-8-6-4-2;/h3H,1,4-18H2,2H3;. The number of hydrogen-bond acceptors (Lipinski definition) is 0. The molecule has 0 unspecified atom stereocenters. The van der Waals surface area contributed by atoms with Gasteiger partial charge in [0.05, 0.1) is 0 Å². The molecule has 1 heteroatoms. The van der Waals surface area contributed by atoms with Gasteiger partial charge in [0, 0.05) is 17.1 Å². The summed E-state index contributed by atoms with van der Waals surface area (Å²) in [5, 5.41) is 0. The molecule has 0 saturated carbocycles. The molecule has 0 saturated heterocycles. The summed E-state index contributed by atoms with van der Waals surface area (Å²) in [6.45, 7) is 6.05. The molecule has 0 fully saturated rings. The molecule has 0 N–H and O–H groups in total. The third-order valence-corrected chi connectivity index (χ3v) is 3.76. The van der Waals surface area contributed by atoms with Crippen LogP contribution in [-0.2, 0) is 0 Å². The molecule has 0 amide bonds. The molecular weight excluding hydrogens is 295 g/mol. The van der Waals surface area contributed by atoms with Crippen molar-refractivity contribution < 1.29 is 0 Å². The van der Waals surface area contributed by atoms with Gasteiger partial charge in [-0.2, -0.15) is 0 Å². The van der Waals surface area contributed by atoms with Crippen LogP contribution in [0.1, 0.15) is 103 Å². The Bertz CT molecular complexity index is 154. The minimum Gasteiger partial charge on any atom is -0.103 e. The maximum Gasteiger partial charge on any atom is 0 e. The van der Waals surface area contributed by atoms with E-state index in [4.69, 9.17) is 0 Å². The van der Waals surface area contributed by atoms with Crippen LogP contribution >= 0.6 is 0 Å². The van der Waals surface area contributed by atoms with Gasteiger partial charge in [0.1, 0.15) is 0 Å². The number of rotatable bonds is 15. The zero-order valence-corrected chi connectivity index (χ0v) is 15.0. The van der Waals surface area contributed by atoms with E-state index in [0.717, 1.165) is 0 Å². The van der Waals surface area contributed by atoms with Gasteiger partial charge in [0.25, 0.3) is 0 Å². The van der Waals surface area contributed by atoms with Crippen LogP contribution < -0.4 is 0 Å². The molecular formula is C18H36Se. The summed E-state index contributed by atoms with van der Waals surface area (Å²) in [4.78, 5) is 0.